The number of rotatable bonds is 3. The summed E-state index contributed by atoms with van der Waals surface area (Å²) in [5, 5.41) is 4.35. The van der Waals surface area contributed by atoms with E-state index in [0.717, 1.165) is 11.2 Å². The summed E-state index contributed by atoms with van der Waals surface area (Å²) in [5.74, 6) is 2.42. The fourth-order valence-electron chi connectivity index (χ4n) is 1.28. The van der Waals surface area contributed by atoms with Gasteiger partial charge in [0.05, 0.1) is 0 Å². The van der Waals surface area contributed by atoms with E-state index in [1.165, 1.54) is 38.1 Å². The van der Waals surface area contributed by atoms with Crippen LogP contribution in [0.25, 0.3) is 0 Å². The minimum Gasteiger partial charge on any atom is -0.316 e. The van der Waals surface area contributed by atoms with Gasteiger partial charge < -0.3 is 5.32 Å². The molecule has 0 radical (unpaired) electrons. The molecular formula is C8H15NS. The molecule has 1 aliphatic carbocycles. The van der Waals surface area contributed by atoms with E-state index in [1.54, 1.807) is 0 Å². The first-order chi connectivity index (χ1) is 4.95. The van der Waals surface area contributed by atoms with Crippen LogP contribution in [0.15, 0.2) is 0 Å². The van der Waals surface area contributed by atoms with E-state index in [0.29, 0.717) is 0 Å². The van der Waals surface area contributed by atoms with Gasteiger partial charge in [-0.25, -0.2) is 0 Å². The van der Waals surface area contributed by atoms with Crippen molar-refractivity contribution in [2.45, 2.75) is 24.5 Å². The Bertz CT molecular complexity index is 93.8. The average molecular weight is 157 g/mol. The average Bonchev–Trinajstić information content (AvgIpc) is 1.70. The smallest absolute Gasteiger partial charge is 0.00471 e. The summed E-state index contributed by atoms with van der Waals surface area (Å²) in [5.41, 5.74) is 0. The Morgan fingerprint density at radius 2 is 2.10 bits per heavy atom. The molecule has 1 saturated carbocycles. The number of nitrogens with one attached hydrogen (secondary N) is 1. The van der Waals surface area contributed by atoms with Gasteiger partial charge in [0, 0.05) is 5.25 Å². The predicted molar refractivity (Wildman–Crippen MR) is 46.5 cm³/mol. The highest BCUT2D eigenvalue weighted by atomic mass is 32.2. The Balaban J connectivity index is 1.54. The molecule has 2 heteroatoms. The molecule has 1 aliphatic heterocycles. The highest BCUT2D eigenvalue weighted by Gasteiger charge is 2.22. The predicted octanol–water partition coefficient (Wildman–Crippen LogP) is 1.49. The van der Waals surface area contributed by atoms with E-state index in [2.05, 4.69) is 17.1 Å². The third-order valence-corrected chi connectivity index (χ3v) is 4.09. The number of thioether (sulfide) groups is 1. The Morgan fingerprint density at radius 1 is 1.30 bits per heavy atom. The Kier molecular flexibility index (Phi) is 2.19. The molecule has 1 saturated heterocycles. The summed E-state index contributed by atoms with van der Waals surface area (Å²) >= 11 is 2.21. The molecule has 0 aromatic carbocycles. The second-order valence-electron chi connectivity index (χ2n) is 3.41. The van der Waals surface area contributed by atoms with Crippen LogP contribution in [0.1, 0.15) is 19.3 Å². The summed E-state index contributed by atoms with van der Waals surface area (Å²) in [7, 11) is 0. The molecule has 0 spiro atoms. The van der Waals surface area contributed by atoms with Crippen LogP contribution in [0.4, 0.5) is 0 Å². The quantitative estimate of drug-likeness (QED) is 0.666. The summed E-state index contributed by atoms with van der Waals surface area (Å²) in [6.45, 7) is 2.56. The summed E-state index contributed by atoms with van der Waals surface area (Å²) in [6.07, 6.45) is 4.47. The highest BCUT2D eigenvalue weighted by Crippen LogP contribution is 2.32. The first kappa shape index (κ1) is 6.99. The molecule has 0 atom stereocenters. The molecule has 1 heterocycles. The van der Waals surface area contributed by atoms with E-state index < -0.39 is 0 Å². The minimum atomic E-state index is 1.01. The van der Waals surface area contributed by atoms with Gasteiger partial charge in [0.2, 0.25) is 0 Å². The maximum Gasteiger partial charge on any atom is 0.00471 e. The van der Waals surface area contributed by atoms with Crippen molar-refractivity contribution in [1.29, 1.82) is 0 Å². The lowest BCUT2D eigenvalue weighted by Crippen LogP contribution is -2.43. The molecule has 1 N–H and O–H groups in total. The summed E-state index contributed by atoms with van der Waals surface area (Å²) < 4.78 is 0. The normalized spacial score (nSPS) is 27.6. The Morgan fingerprint density at radius 3 is 2.50 bits per heavy atom. The first-order valence-electron chi connectivity index (χ1n) is 4.27. The van der Waals surface area contributed by atoms with Crippen molar-refractivity contribution in [3.05, 3.63) is 0 Å². The zero-order chi connectivity index (χ0) is 6.81. The zero-order valence-electron chi connectivity index (χ0n) is 6.31. The van der Waals surface area contributed by atoms with Crippen molar-refractivity contribution in [3.8, 4) is 0 Å². The third kappa shape index (κ3) is 1.48. The summed E-state index contributed by atoms with van der Waals surface area (Å²) in [6, 6.07) is 0. The molecule has 0 unspecified atom stereocenters. The largest absolute Gasteiger partial charge is 0.316 e. The van der Waals surface area contributed by atoms with Gasteiger partial charge in [-0.1, -0.05) is 6.42 Å². The topological polar surface area (TPSA) is 12.0 Å². The van der Waals surface area contributed by atoms with Crippen molar-refractivity contribution < 1.29 is 0 Å². The van der Waals surface area contributed by atoms with Gasteiger partial charge >= 0.3 is 0 Å². The second kappa shape index (κ2) is 3.14. The van der Waals surface area contributed by atoms with E-state index in [1.807, 2.05) is 0 Å². The molecular weight excluding hydrogens is 142 g/mol. The molecule has 58 valence electrons. The van der Waals surface area contributed by atoms with Gasteiger partial charge in [-0.05, 0) is 37.6 Å². The minimum absolute atomic E-state index is 1.01. The highest BCUT2D eigenvalue weighted by molar-refractivity contribution is 7.99. The molecule has 0 aromatic rings. The van der Waals surface area contributed by atoms with Crippen LogP contribution in [0.3, 0.4) is 0 Å². The van der Waals surface area contributed by atoms with Gasteiger partial charge in [0.1, 0.15) is 0 Å². The number of hydrogen-bond donors (Lipinski definition) is 1. The lowest BCUT2D eigenvalue weighted by molar-refractivity contribution is 0.383. The molecule has 0 amide bonds. The molecule has 1 nitrogen and oxygen atoms in total. The standard InChI is InChI=1S/C8H15NS/c1-2-8(3-1)10-6-7-4-9-5-7/h7-9H,1-6H2. The zero-order valence-corrected chi connectivity index (χ0v) is 7.12. The maximum absolute atomic E-state index is 3.31. The van der Waals surface area contributed by atoms with E-state index >= 15 is 0 Å². The number of hydrogen-bond acceptors (Lipinski definition) is 2. The molecule has 2 rings (SSSR count). The van der Waals surface area contributed by atoms with Gasteiger partial charge in [0.15, 0.2) is 0 Å². The van der Waals surface area contributed by atoms with Crippen molar-refractivity contribution >= 4 is 11.8 Å². The monoisotopic (exact) mass is 157 g/mol. The van der Waals surface area contributed by atoms with E-state index in [4.69, 9.17) is 0 Å². The molecule has 2 aliphatic rings. The van der Waals surface area contributed by atoms with Crippen molar-refractivity contribution in [1.82, 2.24) is 5.32 Å². The second-order valence-corrected chi connectivity index (χ2v) is 4.74. The van der Waals surface area contributed by atoms with Gasteiger partial charge in [-0.15, -0.1) is 0 Å². The Labute approximate surface area is 67.0 Å². The van der Waals surface area contributed by atoms with Gasteiger partial charge in [-0.3, -0.25) is 0 Å². The molecule has 10 heavy (non-hydrogen) atoms. The SMILES string of the molecule is C1CC(SCC2CNC2)C1. The van der Waals surface area contributed by atoms with Crippen LogP contribution in [-0.4, -0.2) is 24.1 Å². The Hall–Kier alpha value is 0.310. The fourth-order valence-corrected chi connectivity index (χ4v) is 2.72. The van der Waals surface area contributed by atoms with E-state index in [-0.39, 0.29) is 0 Å². The first-order valence-corrected chi connectivity index (χ1v) is 5.32. The van der Waals surface area contributed by atoms with Crippen LogP contribution in [0.5, 0.6) is 0 Å². The van der Waals surface area contributed by atoms with Crippen LogP contribution < -0.4 is 5.32 Å². The van der Waals surface area contributed by atoms with Crippen molar-refractivity contribution in [2.24, 2.45) is 5.92 Å². The molecule has 0 bridgehead atoms. The summed E-state index contributed by atoms with van der Waals surface area (Å²) in [4.78, 5) is 0. The molecule has 2 fully saturated rings. The van der Waals surface area contributed by atoms with Crippen molar-refractivity contribution in [3.63, 3.8) is 0 Å². The van der Waals surface area contributed by atoms with Crippen LogP contribution in [0, 0.1) is 5.92 Å². The van der Waals surface area contributed by atoms with Gasteiger partial charge in [-0.2, -0.15) is 11.8 Å². The lowest BCUT2D eigenvalue weighted by atomic mass is 10.00. The maximum atomic E-state index is 3.31. The van der Waals surface area contributed by atoms with Crippen LogP contribution in [-0.2, 0) is 0 Å². The van der Waals surface area contributed by atoms with Crippen molar-refractivity contribution in [2.75, 3.05) is 18.8 Å². The fraction of sp³-hybridized carbons (Fsp3) is 1.00. The van der Waals surface area contributed by atoms with E-state index in [9.17, 15) is 0 Å². The van der Waals surface area contributed by atoms with Crippen LogP contribution in [0.2, 0.25) is 0 Å². The van der Waals surface area contributed by atoms with Crippen LogP contribution >= 0.6 is 11.8 Å². The lowest BCUT2D eigenvalue weighted by Gasteiger charge is -2.31. The molecule has 0 aromatic heterocycles. The van der Waals surface area contributed by atoms with Gasteiger partial charge in [0.25, 0.3) is 0 Å². The third-order valence-electron chi connectivity index (χ3n) is 2.49.